The minimum Gasteiger partial charge on any atom is -0.394 e. The molecular formula is C19H24BrN5OS2. The fourth-order valence-corrected chi connectivity index (χ4v) is 5.03. The normalized spacial score (nSPS) is 12.6. The van der Waals surface area contributed by atoms with Crippen LogP contribution in [0.2, 0.25) is 0 Å². The highest BCUT2D eigenvalue weighted by molar-refractivity contribution is 9.10. The number of nitrogens with two attached hydrogens (primary N) is 1. The summed E-state index contributed by atoms with van der Waals surface area (Å²) >= 11 is 6.57. The number of anilines is 2. The molecule has 3 aromatic rings. The van der Waals surface area contributed by atoms with Gasteiger partial charge in [0, 0.05) is 10.2 Å². The third kappa shape index (κ3) is 5.14. The highest BCUT2D eigenvalue weighted by Gasteiger charge is 2.17. The number of fused-ring (bicyclic) bond motifs is 1. The molecule has 2 heterocycles. The fraction of sp³-hybridized carbons (Fsp3) is 0.421. The Kier molecular flexibility index (Phi) is 7.14. The van der Waals surface area contributed by atoms with E-state index in [9.17, 15) is 5.11 Å². The van der Waals surface area contributed by atoms with Crippen molar-refractivity contribution in [3.05, 3.63) is 33.8 Å². The van der Waals surface area contributed by atoms with Crippen LogP contribution in [-0.2, 0) is 5.75 Å². The van der Waals surface area contributed by atoms with Crippen LogP contribution in [0.5, 0.6) is 0 Å². The average molecular weight is 482 g/mol. The maximum Gasteiger partial charge on any atom is 0.191 e. The smallest absolute Gasteiger partial charge is 0.191 e. The van der Waals surface area contributed by atoms with Gasteiger partial charge in [0.05, 0.1) is 12.6 Å². The molecule has 0 radical (unpaired) electrons. The van der Waals surface area contributed by atoms with Crippen molar-refractivity contribution >= 4 is 60.3 Å². The molecule has 0 bridgehead atoms. The molecule has 1 aromatic carbocycles. The highest BCUT2D eigenvalue weighted by Crippen LogP contribution is 2.33. The summed E-state index contributed by atoms with van der Waals surface area (Å²) < 4.78 is 1.93. The standard InChI is InChI=1S/C19H24BrN5OS2/c1-10(2)7-13(8-26)22-16-15-17(23-18(21)28-15)25-19(24-16)27-9-12-6-4-5-11(3)14(12)20/h4-6,10,13,26H,7-9H2,1-3H3,(H3,21,22,23,24,25)/t13-/m1/s1. The molecule has 4 N–H and O–H groups in total. The van der Waals surface area contributed by atoms with Crippen LogP contribution in [0.1, 0.15) is 31.4 Å². The number of hydrogen-bond acceptors (Lipinski definition) is 8. The van der Waals surface area contributed by atoms with E-state index in [0.717, 1.165) is 21.3 Å². The van der Waals surface area contributed by atoms with E-state index < -0.39 is 0 Å². The number of thiazole rings is 1. The number of hydrogen-bond donors (Lipinski definition) is 3. The van der Waals surface area contributed by atoms with Gasteiger partial charge in [-0.05, 0) is 30.4 Å². The lowest BCUT2D eigenvalue weighted by atomic mass is 10.0. The summed E-state index contributed by atoms with van der Waals surface area (Å²) in [6.07, 6.45) is 0.842. The molecule has 0 saturated heterocycles. The monoisotopic (exact) mass is 481 g/mol. The zero-order chi connectivity index (χ0) is 20.3. The van der Waals surface area contributed by atoms with E-state index in [1.165, 1.54) is 22.5 Å². The Morgan fingerprint density at radius 3 is 2.79 bits per heavy atom. The van der Waals surface area contributed by atoms with Gasteiger partial charge in [-0.2, -0.15) is 0 Å². The number of aliphatic hydroxyl groups excluding tert-OH is 1. The lowest BCUT2D eigenvalue weighted by Crippen LogP contribution is -2.26. The molecule has 3 rings (SSSR count). The van der Waals surface area contributed by atoms with Crippen molar-refractivity contribution in [1.29, 1.82) is 0 Å². The summed E-state index contributed by atoms with van der Waals surface area (Å²) in [5.41, 5.74) is 8.88. The summed E-state index contributed by atoms with van der Waals surface area (Å²) in [6, 6.07) is 6.13. The van der Waals surface area contributed by atoms with Gasteiger partial charge in [-0.25, -0.2) is 15.0 Å². The van der Waals surface area contributed by atoms with Crippen molar-refractivity contribution in [2.24, 2.45) is 5.92 Å². The molecule has 0 amide bonds. The van der Waals surface area contributed by atoms with Crippen LogP contribution in [0.3, 0.4) is 0 Å². The topological polar surface area (TPSA) is 97.0 Å². The maximum atomic E-state index is 9.74. The van der Waals surface area contributed by atoms with Crippen LogP contribution >= 0.6 is 39.0 Å². The first-order chi connectivity index (χ1) is 13.4. The first kappa shape index (κ1) is 21.3. The predicted octanol–water partition coefficient (Wildman–Crippen LogP) is 4.85. The third-order valence-corrected chi connectivity index (χ3v) is 7.11. The first-order valence-corrected chi connectivity index (χ1v) is 11.6. The lowest BCUT2D eigenvalue weighted by Gasteiger charge is -2.19. The Hall–Kier alpha value is -1.42. The summed E-state index contributed by atoms with van der Waals surface area (Å²) in [4.78, 5) is 13.6. The largest absolute Gasteiger partial charge is 0.394 e. The van der Waals surface area contributed by atoms with Crippen LogP contribution in [0, 0.1) is 12.8 Å². The van der Waals surface area contributed by atoms with Gasteiger partial charge in [0.25, 0.3) is 0 Å². The Balaban J connectivity index is 1.87. The number of nitrogens with zero attached hydrogens (tertiary/aromatic N) is 3. The van der Waals surface area contributed by atoms with Gasteiger partial charge in [0.15, 0.2) is 21.8 Å². The van der Waals surface area contributed by atoms with E-state index in [1.807, 2.05) is 6.07 Å². The van der Waals surface area contributed by atoms with Gasteiger partial charge in [-0.3, -0.25) is 0 Å². The van der Waals surface area contributed by atoms with Gasteiger partial charge in [0.2, 0.25) is 0 Å². The number of rotatable bonds is 8. The van der Waals surface area contributed by atoms with Crippen molar-refractivity contribution in [2.75, 3.05) is 17.7 Å². The van der Waals surface area contributed by atoms with Crippen LogP contribution in [0.15, 0.2) is 27.8 Å². The van der Waals surface area contributed by atoms with Crippen LogP contribution in [-0.4, -0.2) is 32.7 Å². The van der Waals surface area contributed by atoms with E-state index in [-0.39, 0.29) is 12.6 Å². The van der Waals surface area contributed by atoms with Crippen LogP contribution < -0.4 is 11.1 Å². The molecule has 0 aliphatic heterocycles. The zero-order valence-electron chi connectivity index (χ0n) is 16.1. The number of benzene rings is 1. The van der Waals surface area contributed by atoms with E-state index in [1.54, 1.807) is 11.8 Å². The predicted molar refractivity (Wildman–Crippen MR) is 122 cm³/mol. The minimum absolute atomic E-state index is 0.0384. The van der Waals surface area contributed by atoms with E-state index in [4.69, 9.17) is 10.7 Å². The quantitative estimate of drug-likeness (QED) is 0.312. The molecule has 150 valence electrons. The third-order valence-electron chi connectivity index (χ3n) is 4.20. The van der Waals surface area contributed by atoms with Crippen molar-refractivity contribution < 1.29 is 5.11 Å². The molecule has 0 aliphatic rings. The molecule has 6 nitrogen and oxygen atoms in total. The number of aliphatic hydroxyl groups is 1. The lowest BCUT2D eigenvalue weighted by molar-refractivity contribution is 0.259. The minimum atomic E-state index is -0.0785. The number of aryl methyl sites for hydroxylation is 1. The van der Waals surface area contributed by atoms with E-state index >= 15 is 0 Å². The summed E-state index contributed by atoms with van der Waals surface area (Å²) in [7, 11) is 0. The number of thioether (sulfide) groups is 1. The molecule has 0 unspecified atom stereocenters. The number of halogens is 1. The maximum absolute atomic E-state index is 9.74. The molecule has 9 heteroatoms. The zero-order valence-corrected chi connectivity index (χ0v) is 19.3. The number of nitrogen functional groups attached to an aromatic ring is 1. The van der Waals surface area contributed by atoms with E-state index in [2.05, 4.69) is 64.1 Å². The van der Waals surface area contributed by atoms with Gasteiger partial charge in [-0.1, -0.05) is 71.1 Å². The molecule has 1 atom stereocenters. The Labute approximate surface area is 181 Å². The van der Waals surface area contributed by atoms with Crippen molar-refractivity contribution in [1.82, 2.24) is 15.0 Å². The summed E-state index contributed by atoms with van der Waals surface area (Å²) in [5, 5.41) is 14.2. The average Bonchev–Trinajstić information content (AvgIpc) is 3.02. The highest BCUT2D eigenvalue weighted by atomic mass is 79.9. The summed E-state index contributed by atoms with van der Waals surface area (Å²) in [6.45, 7) is 6.37. The molecule has 0 saturated carbocycles. The van der Waals surface area contributed by atoms with Gasteiger partial charge < -0.3 is 16.2 Å². The van der Waals surface area contributed by atoms with Crippen LogP contribution in [0.4, 0.5) is 10.9 Å². The van der Waals surface area contributed by atoms with Crippen molar-refractivity contribution in [3.8, 4) is 0 Å². The fourth-order valence-electron chi connectivity index (χ4n) is 2.89. The van der Waals surface area contributed by atoms with Gasteiger partial charge in [-0.15, -0.1) is 0 Å². The molecule has 0 spiro atoms. The SMILES string of the molecule is Cc1cccc(CSc2nc(N[C@@H](CO)CC(C)C)c3sc(N)nc3n2)c1Br. The molecule has 0 aliphatic carbocycles. The van der Waals surface area contributed by atoms with Gasteiger partial charge in [0.1, 0.15) is 4.70 Å². The number of nitrogens with one attached hydrogen (secondary N) is 1. The number of aromatic nitrogens is 3. The Morgan fingerprint density at radius 2 is 2.07 bits per heavy atom. The first-order valence-electron chi connectivity index (χ1n) is 9.05. The molecule has 28 heavy (non-hydrogen) atoms. The van der Waals surface area contributed by atoms with E-state index in [0.29, 0.717) is 27.7 Å². The van der Waals surface area contributed by atoms with Gasteiger partial charge >= 0.3 is 0 Å². The Bertz CT molecular complexity index is 963. The van der Waals surface area contributed by atoms with Crippen LogP contribution in [0.25, 0.3) is 10.3 Å². The second-order valence-corrected chi connectivity index (χ2v) is 9.82. The van der Waals surface area contributed by atoms with Crippen molar-refractivity contribution in [2.45, 2.75) is 44.1 Å². The summed E-state index contributed by atoms with van der Waals surface area (Å²) in [5.74, 6) is 1.88. The second-order valence-electron chi connectivity index (χ2n) is 7.05. The van der Waals surface area contributed by atoms with Crippen molar-refractivity contribution in [3.63, 3.8) is 0 Å². The molecule has 2 aromatic heterocycles. The molecular weight excluding hydrogens is 458 g/mol. The second kappa shape index (κ2) is 9.39. The Morgan fingerprint density at radius 1 is 1.29 bits per heavy atom. The molecule has 0 fully saturated rings.